The first-order valence-corrected chi connectivity index (χ1v) is 11.1. The van der Waals surface area contributed by atoms with Crippen molar-refractivity contribution in [3.05, 3.63) is 83.4 Å². The summed E-state index contributed by atoms with van der Waals surface area (Å²) in [5.41, 5.74) is 4.35. The minimum atomic E-state index is -0.687. The molecule has 33 heavy (non-hydrogen) atoms. The van der Waals surface area contributed by atoms with Crippen LogP contribution in [0, 0.1) is 13.8 Å². The molecule has 0 fully saturated rings. The van der Waals surface area contributed by atoms with Crippen molar-refractivity contribution in [1.82, 2.24) is 14.5 Å². The molecule has 7 heteroatoms. The number of rotatable bonds is 4. The van der Waals surface area contributed by atoms with Gasteiger partial charge in [0.15, 0.2) is 5.84 Å². The van der Waals surface area contributed by atoms with Crippen molar-refractivity contribution in [3.8, 4) is 11.4 Å². The van der Waals surface area contributed by atoms with Gasteiger partial charge in [0.1, 0.15) is 17.6 Å². The molecule has 0 N–H and O–H groups in total. The molecule has 2 aliphatic heterocycles. The number of ether oxygens (including phenoxy) is 2. The van der Waals surface area contributed by atoms with E-state index in [0.717, 1.165) is 39.9 Å². The normalized spacial score (nSPS) is 22.0. The number of hydrogen-bond acceptors (Lipinski definition) is 6. The number of methoxy groups -OCH3 is 1. The highest BCUT2D eigenvalue weighted by molar-refractivity contribution is 5.99. The van der Waals surface area contributed by atoms with Gasteiger partial charge in [-0.1, -0.05) is 35.0 Å². The Balaban J connectivity index is 1.50. The minimum absolute atomic E-state index is 0.0719. The quantitative estimate of drug-likeness (QED) is 0.580. The van der Waals surface area contributed by atoms with Gasteiger partial charge in [0.25, 0.3) is 0 Å². The zero-order valence-corrected chi connectivity index (χ0v) is 19.6. The molecule has 0 unspecified atom stereocenters. The lowest BCUT2D eigenvalue weighted by molar-refractivity contribution is -0.0975. The molecule has 0 radical (unpaired) electrons. The molecule has 3 heterocycles. The first kappa shape index (κ1) is 21.1. The smallest absolute Gasteiger partial charge is 0.234 e. The predicted molar refractivity (Wildman–Crippen MR) is 127 cm³/mol. The van der Waals surface area contributed by atoms with Crippen molar-refractivity contribution in [1.29, 1.82) is 0 Å². The Bertz CT molecular complexity index is 1240. The summed E-state index contributed by atoms with van der Waals surface area (Å²) in [6.45, 7) is 8.79. The maximum absolute atomic E-state index is 6.34. The van der Waals surface area contributed by atoms with Gasteiger partial charge in [-0.2, -0.15) is 0 Å². The SMILES string of the molecule is COc1cc(C2=CC3=NO[C@](C)(c4ccc(C)cc4)N3C[C@H](C)O2)ccc1-n1cnc(C)c1. The van der Waals surface area contributed by atoms with Crippen LogP contribution in [-0.4, -0.2) is 40.0 Å². The van der Waals surface area contributed by atoms with Crippen LogP contribution in [0.1, 0.15) is 36.2 Å². The Morgan fingerprint density at radius 1 is 1.12 bits per heavy atom. The Morgan fingerprint density at radius 2 is 1.91 bits per heavy atom. The van der Waals surface area contributed by atoms with Crippen molar-refractivity contribution < 1.29 is 14.3 Å². The lowest BCUT2D eigenvalue weighted by atomic mass is 10.0. The van der Waals surface area contributed by atoms with Crippen molar-refractivity contribution in [3.63, 3.8) is 0 Å². The summed E-state index contributed by atoms with van der Waals surface area (Å²) in [6, 6.07) is 14.4. The van der Waals surface area contributed by atoms with Gasteiger partial charge < -0.3 is 23.8 Å². The molecule has 7 nitrogen and oxygen atoms in total. The summed E-state index contributed by atoms with van der Waals surface area (Å²) in [7, 11) is 1.67. The van der Waals surface area contributed by atoms with Gasteiger partial charge in [-0.25, -0.2) is 4.98 Å². The number of fused-ring (bicyclic) bond motifs is 1. The van der Waals surface area contributed by atoms with Crippen LogP contribution in [-0.2, 0) is 15.3 Å². The minimum Gasteiger partial charge on any atom is -0.495 e. The van der Waals surface area contributed by atoms with Crippen LogP contribution < -0.4 is 4.74 Å². The molecular weight excluding hydrogens is 416 g/mol. The molecule has 0 aliphatic carbocycles. The highest BCUT2D eigenvalue weighted by Gasteiger charge is 2.45. The lowest BCUT2D eigenvalue weighted by Crippen LogP contribution is -2.46. The van der Waals surface area contributed by atoms with E-state index < -0.39 is 5.72 Å². The van der Waals surface area contributed by atoms with E-state index in [0.29, 0.717) is 6.54 Å². The van der Waals surface area contributed by atoms with Crippen LogP contribution in [0.15, 0.2) is 66.2 Å². The summed E-state index contributed by atoms with van der Waals surface area (Å²) >= 11 is 0. The monoisotopic (exact) mass is 444 g/mol. The average Bonchev–Trinajstić information content (AvgIpc) is 3.32. The van der Waals surface area contributed by atoms with Crippen molar-refractivity contribution >= 4 is 11.6 Å². The fraction of sp³-hybridized carbons (Fsp3) is 0.308. The third-order valence-electron chi connectivity index (χ3n) is 6.18. The third kappa shape index (κ3) is 3.73. The van der Waals surface area contributed by atoms with Crippen LogP contribution in [0.2, 0.25) is 0 Å². The van der Waals surface area contributed by atoms with Gasteiger partial charge in [-0.15, -0.1) is 0 Å². The van der Waals surface area contributed by atoms with Crippen LogP contribution in [0.4, 0.5) is 0 Å². The molecule has 0 saturated heterocycles. The number of hydrogen-bond donors (Lipinski definition) is 0. The van der Waals surface area contributed by atoms with Crippen LogP contribution in [0.5, 0.6) is 5.75 Å². The second-order valence-corrected chi connectivity index (χ2v) is 8.75. The first-order valence-electron chi connectivity index (χ1n) is 11.1. The summed E-state index contributed by atoms with van der Waals surface area (Å²) in [6.07, 6.45) is 5.62. The number of benzene rings is 2. The van der Waals surface area contributed by atoms with Crippen LogP contribution in [0.25, 0.3) is 11.4 Å². The van der Waals surface area contributed by atoms with Gasteiger partial charge in [-0.3, -0.25) is 0 Å². The molecular formula is C26H28N4O3. The Morgan fingerprint density at radius 3 is 2.61 bits per heavy atom. The maximum Gasteiger partial charge on any atom is 0.234 e. The van der Waals surface area contributed by atoms with Gasteiger partial charge in [0.05, 0.1) is 31.4 Å². The molecule has 1 aromatic heterocycles. The van der Waals surface area contributed by atoms with Crippen molar-refractivity contribution in [2.45, 2.75) is 39.5 Å². The molecule has 5 rings (SSSR count). The molecule has 2 atom stereocenters. The number of imidazole rings is 1. The summed E-state index contributed by atoms with van der Waals surface area (Å²) in [5, 5.41) is 4.43. The van der Waals surface area contributed by atoms with E-state index in [2.05, 4.69) is 53.2 Å². The van der Waals surface area contributed by atoms with Crippen LogP contribution >= 0.6 is 0 Å². The Kier molecular flexibility index (Phi) is 5.12. The largest absolute Gasteiger partial charge is 0.495 e. The van der Waals surface area contributed by atoms with E-state index in [1.807, 2.05) is 48.9 Å². The van der Waals surface area contributed by atoms with Gasteiger partial charge in [0, 0.05) is 30.3 Å². The van der Waals surface area contributed by atoms with Gasteiger partial charge in [-0.05, 0) is 39.0 Å². The van der Waals surface area contributed by atoms with E-state index in [1.165, 1.54) is 5.56 Å². The molecule has 0 spiro atoms. The third-order valence-corrected chi connectivity index (χ3v) is 6.18. The summed E-state index contributed by atoms with van der Waals surface area (Å²) in [5.74, 6) is 2.20. The second-order valence-electron chi connectivity index (χ2n) is 8.75. The van der Waals surface area contributed by atoms with Crippen molar-refractivity contribution in [2.24, 2.45) is 5.16 Å². The standard InChI is InChI=1S/C26H28N4O3/c1-17-6-9-21(10-7-17)26(4)30-15-19(3)32-23(13-25(30)28-33-26)20-8-11-22(24(12-20)31-5)29-14-18(2)27-16-29/h6-14,16,19H,15H2,1-5H3/t19-,26+/m0/s1. The molecule has 0 saturated carbocycles. The predicted octanol–water partition coefficient (Wildman–Crippen LogP) is 4.78. The summed E-state index contributed by atoms with van der Waals surface area (Å²) in [4.78, 5) is 12.5. The van der Waals surface area contributed by atoms with Gasteiger partial charge in [0.2, 0.25) is 5.72 Å². The van der Waals surface area contributed by atoms with E-state index in [1.54, 1.807) is 13.4 Å². The van der Waals surface area contributed by atoms with Crippen LogP contribution in [0.3, 0.4) is 0 Å². The molecule has 0 bridgehead atoms. The molecule has 2 aromatic carbocycles. The zero-order valence-electron chi connectivity index (χ0n) is 19.6. The fourth-order valence-corrected chi connectivity index (χ4v) is 4.31. The topological polar surface area (TPSA) is 61.1 Å². The molecule has 170 valence electrons. The molecule has 0 amide bonds. The average molecular weight is 445 g/mol. The number of aromatic nitrogens is 2. The highest BCUT2D eigenvalue weighted by atomic mass is 16.7. The Hall–Kier alpha value is -3.74. The number of oxime groups is 1. The van der Waals surface area contributed by atoms with Gasteiger partial charge >= 0.3 is 0 Å². The number of amidine groups is 1. The fourth-order valence-electron chi connectivity index (χ4n) is 4.31. The zero-order chi connectivity index (χ0) is 23.2. The van der Waals surface area contributed by atoms with E-state index in [4.69, 9.17) is 14.3 Å². The maximum atomic E-state index is 6.34. The second kappa shape index (κ2) is 7.99. The molecule has 3 aromatic rings. The lowest BCUT2D eigenvalue weighted by Gasteiger charge is -2.34. The van der Waals surface area contributed by atoms with E-state index in [9.17, 15) is 0 Å². The first-order chi connectivity index (χ1) is 15.9. The highest BCUT2D eigenvalue weighted by Crippen LogP contribution is 2.38. The van der Waals surface area contributed by atoms with E-state index in [-0.39, 0.29) is 6.10 Å². The van der Waals surface area contributed by atoms with Crippen molar-refractivity contribution in [2.75, 3.05) is 13.7 Å². The van der Waals surface area contributed by atoms with E-state index >= 15 is 0 Å². The number of nitrogens with zero attached hydrogens (tertiary/aromatic N) is 4. The number of aryl methyl sites for hydroxylation is 2. The molecule has 2 aliphatic rings. The Labute approximate surface area is 193 Å². The summed E-state index contributed by atoms with van der Waals surface area (Å²) < 4.78 is 14.0.